The maximum atomic E-state index is 16.4. The van der Waals surface area contributed by atoms with E-state index in [0.717, 1.165) is 35.1 Å². The number of nitrogens with zero attached hydrogens (tertiary/aromatic N) is 8. The molecule has 0 saturated carbocycles. The Kier molecular flexibility index (Phi) is 10.4. The predicted molar refractivity (Wildman–Crippen MR) is 225 cm³/mol. The molecule has 4 amide bonds. The van der Waals surface area contributed by atoms with Gasteiger partial charge >= 0.3 is 6.03 Å². The summed E-state index contributed by atoms with van der Waals surface area (Å²) in [6.45, 7) is 7.86. The average molecular weight is 817 g/mol. The Morgan fingerprint density at radius 2 is 1.80 bits per heavy atom. The van der Waals surface area contributed by atoms with Gasteiger partial charge in [0.15, 0.2) is 5.82 Å². The van der Waals surface area contributed by atoms with Crippen LogP contribution >= 0.6 is 0 Å². The molecule has 15 nitrogen and oxygen atoms in total. The van der Waals surface area contributed by atoms with E-state index in [4.69, 9.17) is 15.5 Å². The first kappa shape index (κ1) is 39.3. The number of fused-ring (bicyclic) bond motifs is 1. The van der Waals surface area contributed by atoms with Crippen molar-refractivity contribution in [3.05, 3.63) is 89.7 Å². The van der Waals surface area contributed by atoms with Crippen LogP contribution in [0.4, 0.5) is 26.4 Å². The lowest BCUT2D eigenvalue weighted by Gasteiger charge is -2.39. The number of ether oxygens (including phenoxy) is 1. The molecule has 9 rings (SSSR count). The molecule has 0 radical (unpaired) electrons. The first-order chi connectivity index (χ1) is 28.9. The van der Waals surface area contributed by atoms with E-state index in [-0.39, 0.29) is 60.9 Å². The van der Waals surface area contributed by atoms with Gasteiger partial charge in [-0.15, -0.1) is 10.2 Å². The van der Waals surface area contributed by atoms with Crippen LogP contribution in [0.15, 0.2) is 73.1 Å². The molecule has 4 aliphatic heterocycles. The van der Waals surface area contributed by atoms with Crippen molar-refractivity contribution in [2.45, 2.75) is 63.4 Å². The van der Waals surface area contributed by atoms with Gasteiger partial charge in [-0.3, -0.25) is 24.7 Å². The summed E-state index contributed by atoms with van der Waals surface area (Å²) >= 11 is 0. The third kappa shape index (κ3) is 7.72. The van der Waals surface area contributed by atoms with Gasteiger partial charge in [-0.1, -0.05) is 24.3 Å². The lowest BCUT2D eigenvalue weighted by molar-refractivity contribution is -0.120. The number of halogens is 1. The molecule has 0 bridgehead atoms. The van der Waals surface area contributed by atoms with Crippen molar-refractivity contribution in [3.63, 3.8) is 0 Å². The third-order valence-corrected chi connectivity index (χ3v) is 12.4. The number of urea groups is 1. The number of anilines is 3. The monoisotopic (exact) mass is 816 g/mol. The summed E-state index contributed by atoms with van der Waals surface area (Å²) in [7, 11) is 0. The molecule has 60 heavy (non-hydrogen) atoms. The fourth-order valence-corrected chi connectivity index (χ4v) is 9.19. The SMILES string of the molecule is Cc1cn([C@H]2CCN(CC3(F)CCN(C(=O)c4ccc([C@@H]5CN(c6cc(-c7ccccc7O)nnc6N)C[C@H](C)O5)cc4)CC3)C2)c2ncc(N3CCC(=O)NC3=O)cc12. The number of nitrogens with two attached hydrogens (primary N) is 1. The van der Waals surface area contributed by atoms with Crippen LogP contribution in [0.2, 0.25) is 0 Å². The second kappa shape index (κ2) is 15.8. The number of likely N-dealkylation sites (tertiary alicyclic amines) is 2. The molecule has 2 aromatic carbocycles. The zero-order valence-corrected chi connectivity index (χ0v) is 33.8. The minimum atomic E-state index is -1.40. The number of alkyl halides is 1. The maximum absolute atomic E-state index is 16.4. The van der Waals surface area contributed by atoms with Crippen molar-refractivity contribution in [3.8, 4) is 17.0 Å². The number of phenols is 1. The van der Waals surface area contributed by atoms with Crippen LogP contribution in [0.3, 0.4) is 0 Å². The van der Waals surface area contributed by atoms with Crippen LogP contribution in [0.5, 0.6) is 5.75 Å². The number of pyridine rings is 1. The first-order valence-corrected chi connectivity index (χ1v) is 20.6. The fourth-order valence-electron chi connectivity index (χ4n) is 9.19. The van der Waals surface area contributed by atoms with Crippen molar-refractivity contribution in [1.29, 1.82) is 0 Å². The molecular weight excluding hydrogens is 768 g/mol. The van der Waals surface area contributed by atoms with Crippen LogP contribution in [-0.4, -0.2) is 117 Å². The van der Waals surface area contributed by atoms with Gasteiger partial charge in [0.25, 0.3) is 5.91 Å². The van der Waals surface area contributed by atoms with Gasteiger partial charge < -0.3 is 29.9 Å². The van der Waals surface area contributed by atoms with Crippen molar-refractivity contribution in [1.82, 2.24) is 34.9 Å². The number of nitrogen functional groups attached to an aromatic ring is 1. The Morgan fingerprint density at radius 1 is 1.02 bits per heavy atom. The second-order valence-electron chi connectivity index (χ2n) is 16.6. The van der Waals surface area contributed by atoms with E-state index in [1.807, 2.05) is 56.3 Å². The lowest BCUT2D eigenvalue weighted by atomic mass is 9.92. The summed E-state index contributed by atoms with van der Waals surface area (Å²) in [5.74, 6) is 0.000629. The fraction of sp³-hybridized carbons (Fsp3) is 0.409. The normalized spacial score (nSPS) is 22.4. The number of imide groups is 1. The van der Waals surface area contributed by atoms with Crippen molar-refractivity contribution < 1.29 is 28.6 Å². The predicted octanol–water partition coefficient (Wildman–Crippen LogP) is 5.39. The molecule has 4 aliphatic rings. The third-order valence-electron chi connectivity index (χ3n) is 12.4. The highest BCUT2D eigenvalue weighted by atomic mass is 19.1. The topological polar surface area (TPSA) is 175 Å². The highest BCUT2D eigenvalue weighted by Crippen LogP contribution is 2.37. The van der Waals surface area contributed by atoms with Crippen LogP contribution in [0.1, 0.15) is 66.2 Å². The minimum absolute atomic E-state index is 0.108. The number of aromatic hydroxyl groups is 1. The van der Waals surface area contributed by atoms with Crippen LogP contribution in [0.25, 0.3) is 22.3 Å². The number of carbonyl (C=O) groups is 3. The molecule has 3 atom stereocenters. The molecular formula is C44H49FN10O5. The summed E-state index contributed by atoms with van der Waals surface area (Å²) in [6.07, 6.45) is 4.98. The number of nitrogens with one attached hydrogen (secondary N) is 1. The van der Waals surface area contributed by atoms with Gasteiger partial charge in [0, 0.05) is 100 Å². The second-order valence-corrected chi connectivity index (χ2v) is 16.6. The number of aryl methyl sites for hydroxylation is 1. The lowest BCUT2D eigenvalue weighted by Crippen LogP contribution is -2.49. The van der Waals surface area contributed by atoms with E-state index in [1.165, 1.54) is 4.90 Å². The van der Waals surface area contributed by atoms with Gasteiger partial charge in [0.1, 0.15) is 23.2 Å². The van der Waals surface area contributed by atoms with E-state index in [2.05, 4.69) is 36.1 Å². The van der Waals surface area contributed by atoms with E-state index in [1.54, 1.807) is 29.3 Å². The number of hydrogen-bond acceptors (Lipinski definition) is 11. The van der Waals surface area contributed by atoms with Crippen molar-refractivity contribution >= 4 is 46.1 Å². The molecule has 0 aliphatic carbocycles. The molecule has 4 fully saturated rings. The molecule has 0 spiro atoms. The number of amides is 4. The van der Waals surface area contributed by atoms with Crippen LogP contribution < -0.4 is 20.9 Å². The summed E-state index contributed by atoms with van der Waals surface area (Å²) in [5.41, 5.74) is 10.7. The van der Waals surface area contributed by atoms with E-state index in [0.29, 0.717) is 74.0 Å². The van der Waals surface area contributed by atoms with E-state index < -0.39 is 11.7 Å². The Bertz CT molecular complexity index is 2450. The van der Waals surface area contributed by atoms with Crippen molar-refractivity contribution in [2.24, 2.45) is 0 Å². The summed E-state index contributed by atoms with van der Waals surface area (Å²) in [6, 6.07) is 17.9. The maximum Gasteiger partial charge on any atom is 0.328 e. The smallest absolute Gasteiger partial charge is 0.328 e. The van der Waals surface area contributed by atoms with Gasteiger partial charge in [-0.2, -0.15) is 0 Å². The average Bonchev–Trinajstić information content (AvgIpc) is 3.84. The largest absolute Gasteiger partial charge is 0.507 e. The number of morpholine rings is 1. The molecule has 312 valence electrons. The standard InChI is InChI=1S/C44H49FN10O5/c1-27-22-55(41-34(27)19-32(21-47-41)54-16-12-39(57)48-43(54)59)31-11-15-51(24-31)26-44(45)13-17-52(18-14-44)42(58)30-9-7-29(8-10-30)38-25-53(23-28(2)60-38)36-20-35(49-50-40(36)46)33-5-3-4-6-37(33)56/h3-10,19-22,28,31,38,56H,11-18,23-26H2,1-2H3,(H2,46,50)(H,48,57,59)/t28-,31-,38-/m0/s1. The Balaban J connectivity index is 0.795. The van der Waals surface area contributed by atoms with Gasteiger partial charge in [0.2, 0.25) is 5.91 Å². The van der Waals surface area contributed by atoms with Gasteiger partial charge in [-0.25, -0.2) is 14.2 Å². The molecule has 4 N–H and O–H groups in total. The molecule has 7 heterocycles. The zero-order valence-electron chi connectivity index (χ0n) is 33.8. The zero-order chi connectivity index (χ0) is 41.7. The Morgan fingerprint density at radius 3 is 2.57 bits per heavy atom. The first-order valence-electron chi connectivity index (χ1n) is 20.6. The molecule has 3 aromatic heterocycles. The van der Waals surface area contributed by atoms with Gasteiger partial charge in [-0.05, 0) is 67.8 Å². The number of aromatic nitrogens is 4. The minimum Gasteiger partial charge on any atom is -0.507 e. The molecule has 16 heteroatoms. The van der Waals surface area contributed by atoms with Crippen LogP contribution in [-0.2, 0) is 9.53 Å². The summed E-state index contributed by atoms with van der Waals surface area (Å²) < 4.78 is 24.9. The quantitative estimate of drug-likeness (QED) is 0.183. The number of rotatable bonds is 8. The summed E-state index contributed by atoms with van der Waals surface area (Å²) in [5, 5.41) is 22.1. The molecule has 4 saturated heterocycles. The van der Waals surface area contributed by atoms with Crippen LogP contribution in [0, 0.1) is 6.92 Å². The Labute approximate surface area is 346 Å². The van der Waals surface area contributed by atoms with E-state index >= 15 is 4.39 Å². The number of para-hydroxylation sites is 1. The highest BCUT2D eigenvalue weighted by Gasteiger charge is 2.40. The number of hydrogen-bond donors (Lipinski definition) is 3. The molecule has 5 aromatic rings. The number of piperidine rings is 1. The Hall–Kier alpha value is -6.13. The van der Waals surface area contributed by atoms with Gasteiger partial charge in [0.05, 0.1) is 29.4 Å². The number of carbonyl (C=O) groups excluding carboxylic acids is 3. The van der Waals surface area contributed by atoms with Crippen molar-refractivity contribution in [2.75, 3.05) is 67.9 Å². The number of phenolic OH excluding ortho intramolecular Hbond substituents is 1. The van der Waals surface area contributed by atoms with E-state index in [9.17, 15) is 19.5 Å². The summed E-state index contributed by atoms with van der Waals surface area (Å²) in [4.78, 5) is 50.1. The highest BCUT2D eigenvalue weighted by molar-refractivity contribution is 6.06. The molecule has 0 unspecified atom stereocenters. The number of benzene rings is 2.